The largest absolute Gasteiger partial charge is 0.354 e. The number of rotatable bonds is 12. The van der Waals surface area contributed by atoms with Gasteiger partial charge >= 0.3 is 0 Å². The van der Waals surface area contributed by atoms with E-state index in [2.05, 4.69) is 21.2 Å². The topological polar surface area (TPSA) is 86.8 Å². The monoisotopic (exact) mass is 701 g/mol. The van der Waals surface area contributed by atoms with E-state index in [0.29, 0.717) is 6.54 Å². The molecule has 0 spiro atoms. The number of carbonyl (C=O) groups excluding carboxylic acids is 2. The molecule has 0 aliphatic heterocycles. The summed E-state index contributed by atoms with van der Waals surface area (Å²) >= 11 is 22.1. The summed E-state index contributed by atoms with van der Waals surface area (Å²) in [6.07, 6.45) is 1.19. The fraction of sp³-hybridized carbons (Fsp3) is 0.310. The van der Waals surface area contributed by atoms with Crippen molar-refractivity contribution in [3.63, 3.8) is 0 Å². The Kier molecular flexibility index (Phi) is 11.9. The van der Waals surface area contributed by atoms with E-state index < -0.39 is 28.5 Å². The Morgan fingerprint density at radius 3 is 2.15 bits per heavy atom. The summed E-state index contributed by atoms with van der Waals surface area (Å²) in [7, 11) is -4.01. The van der Waals surface area contributed by atoms with Gasteiger partial charge in [-0.05, 0) is 41.3 Å². The van der Waals surface area contributed by atoms with Crippen molar-refractivity contribution >= 4 is 78.3 Å². The highest BCUT2D eigenvalue weighted by molar-refractivity contribution is 9.10. The van der Waals surface area contributed by atoms with Gasteiger partial charge in [0.2, 0.25) is 21.8 Å². The third kappa shape index (κ3) is 9.61. The number of amides is 2. The van der Waals surface area contributed by atoms with Crippen LogP contribution in [0.3, 0.4) is 0 Å². The van der Waals surface area contributed by atoms with Gasteiger partial charge in [-0.25, -0.2) is 8.42 Å². The predicted octanol–water partition coefficient (Wildman–Crippen LogP) is 6.59. The molecular weight excluding hydrogens is 673 g/mol. The van der Waals surface area contributed by atoms with Crippen LogP contribution in [0.2, 0.25) is 15.1 Å². The molecule has 0 heterocycles. The van der Waals surface area contributed by atoms with Crippen molar-refractivity contribution in [1.82, 2.24) is 10.2 Å². The highest BCUT2D eigenvalue weighted by Gasteiger charge is 2.33. The lowest BCUT2D eigenvalue weighted by atomic mass is 10.0. The van der Waals surface area contributed by atoms with Gasteiger partial charge in [0.05, 0.1) is 27.0 Å². The Morgan fingerprint density at radius 1 is 0.902 bits per heavy atom. The molecule has 3 aromatic rings. The molecule has 0 aliphatic carbocycles. The van der Waals surface area contributed by atoms with Crippen molar-refractivity contribution in [2.75, 3.05) is 23.7 Å². The van der Waals surface area contributed by atoms with Crippen LogP contribution in [-0.2, 0) is 32.6 Å². The zero-order valence-electron chi connectivity index (χ0n) is 22.8. The smallest absolute Gasteiger partial charge is 0.244 e. The van der Waals surface area contributed by atoms with Gasteiger partial charge in [0.15, 0.2) is 0 Å². The molecule has 41 heavy (non-hydrogen) atoms. The second-order valence-corrected chi connectivity index (χ2v) is 14.0. The van der Waals surface area contributed by atoms with Crippen LogP contribution in [0.5, 0.6) is 0 Å². The summed E-state index contributed by atoms with van der Waals surface area (Å²) in [5, 5.41) is 3.17. The highest BCUT2D eigenvalue weighted by Crippen LogP contribution is 2.35. The first-order valence-electron chi connectivity index (χ1n) is 12.7. The number of nitrogens with zero attached hydrogens (tertiary/aromatic N) is 2. The SMILES string of the molecule is CC(C)CNC(=O)[C@@H](Cc1ccccc1)N(Cc1cccc(Br)c1)C(=O)CN(c1cc(Cl)c(Cl)cc1Cl)S(C)(=O)=O. The predicted molar refractivity (Wildman–Crippen MR) is 170 cm³/mol. The number of nitrogens with one attached hydrogen (secondary N) is 1. The number of benzene rings is 3. The molecule has 0 saturated carbocycles. The molecule has 0 aromatic heterocycles. The van der Waals surface area contributed by atoms with E-state index in [1.165, 1.54) is 17.0 Å². The number of hydrogen-bond acceptors (Lipinski definition) is 4. The van der Waals surface area contributed by atoms with Crippen molar-refractivity contribution in [3.05, 3.63) is 97.4 Å². The van der Waals surface area contributed by atoms with Gasteiger partial charge in [-0.1, -0.05) is 107 Å². The molecule has 2 amide bonds. The zero-order valence-corrected chi connectivity index (χ0v) is 27.5. The van der Waals surface area contributed by atoms with Crippen LogP contribution in [0, 0.1) is 5.92 Å². The maximum atomic E-state index is 14.1. The molecule has 0 radical (unpaired) electrons. The number of anilines is 1. The molecular formula is C29H31BrCl3N3O4S. The quantitative estimate of drug-likeness (QED) is 0.216. The van der Waals surface area contributed by atoms with E-state index in [9.17, 15) is 18.0 Å². The molecule has 0 unspecified atom stereocenters. The Morgan fingerprint density at radius 2 is 1.54 bits per heavy atom. The van der Waals surface area contributed by atoms with Gasteiger partial charge in [-0.2, -0.15) is 0 Å². The zero-order chi connectivity index (χ0) is 30.3. The van der Waals surface area contributed by atoms with Crippen LogP contribution < -0.4 is 9.62 Å². The summed E-state index contributed by atoms with van der Waals surface area (Å²) in [6, 6.07) is 18.4. The van der Waals surface area contributed by atoms with Crippen LogP contribution >= 0.6 is 50.7 Å². The maximum Gasteiger partial charge on any atom is 0.244 e. The molecule has 220 valence electrons. The molecule has 3 aromatic carbocycles. The summed E-state index contributed by atoms with van der Waals surface area (Å²) in [4.78, 5) is 29.2. The maximum absolute atomic E-state index is 14.1. The minimum atomic E-state index is -4.01. The lowest BCUT2D eigenvalue weighted by Gasteiger charge is -2.34. The Balaban J connectivity index is 2.09. The normalized spacial score (nSPS) is 12.2. The van der Waals surface area contributed by atoms with Crippen molar-refractivity contribution < 1.29 is 18.0 Å². The Hall–Kier alpha value is -2.30. The molecule has 1 N–H and O–H groups in total. The average molecular weight is 704 g/mol. The first kappa shape index (κ1) is 33.2. The van der Waals surface area contributed by atoms with E-state index in [0.717, 1.165) is 26.2 Å². The number of sulfonamides is 1. The molecule has 12 heteroatoms. The van der Waals surface area contributed by atoms with E-state index >= 15 is 0 Å². The second-order valence-electron chi connectivity index (χ2n) is 9.98. The van der Waals surface area contributed by atoms with Gasteiger partial charge in [0, 0.05) is 24.0 Å². The summed E-state index contributed by atoms with van der Waals surface area (Å²) in [5.41, 5.74) is 1.60. The fourth-order valence-corrected chi connectivity index (χ4v) is 6.10. The minimum absolute atomic E-state index is 0.00295. The van der Waals surface area contributed by atoms with Crippen molar-refractivity contribution in [3.8, 4) is 0 Å². The van der Waals surface area contributed by atoms with Gasteiger partial charge in [0.1, 0.15) is 12.6 Å². The number of hydrogen-bond donors (Lipinski definition) is 1. The second kappa shape index (κ2) is 14.7. The molecule has 7 nitrogen and oxygen atoms in total. The van der Waals surface area contributed by atoms with Crippen LogP contribution in [0.15, 0.2) is 71.2 Å². The summed E-state index contributed by atoms with van der Waals surface area (Å²) in [5.74, 6) is -0.759. The van der Waals surface area contributed by atoms with Crippen molar-refractivity contribution in [2.24, 2.45) is 5.92 Å². The first-order chi connectivity index (χ1) is 19.3. The lowest BCUT2D eigenvalue weighted by Crippen LogP contribution is -2.53. The third-order valence-corrected chi connectivity index (χ3v) is 8.78. The molecule has 3 rings (SSSR count). The molecule has 0 saturated heterocycles. The summed E-state index contributed by atoms with van der Waals surface area (Å²) in [6.45, 7) is 3.80. The van der Waals surface area contributed by atoms with E-state index in [1.54, 1.807) is 0 Å². The van der Waals surface area contributed by atoms with Crippen molar-refractivity contribution in [2.45, 2.75) is 32.9 Å². The molecule has 0 fully saturated rings. The highest BCUT2D eigenvalue weighted by atomic mass is 79.9. The number of carbonyl (C=O) groups is 2. The third-order valence-electron chi connectivity index (χ3n) is 6.14. The molecule has 0 aliphatic rings. The number of halogens is 4. The summed E-state index contributed by atoms with van der Waals surface area (Å²) < 4.78 is 27.6. The van der Waals surface area contributed by atoms with Gasteiger partial charge in [-0.3, -0.25) is 13.9 Å². The van der Waals surface area contributed by atoms with Crippen LogP contribution in [0.25, 0.3) is 0 Å². The van der Waals surface area contributed by atoms with E-state index in [1.807, 2.05) is 68.4 Å². The Bertz CT molecular complexity index is 1490. The first-order valence-corrected chi connectivity index (χ1v) is 16.5. The fourth-order valence-electron chi connectivity index (χ4n) is 4.11. The standard InChI is InChI=1S/C29H31BrCl3N3O4S/c1-19(2)16-34-29(38)27(13-20-8-5-4-6-9-20)35(17-21-10-7-11-22(30)12-21)28(37)18-36(41(3,39)40)26-15-24(32)23(31)14-25(26)33/h4-12,14-15,19,27H,13,16-18H2,1-3H3,(H,34,38)/t27-/m1/s1. The Labute approximate surface area is 264 Å². The van der Waals surface area contributed by atoms with E-state index in [4.69, 9.17) is 34.8 Å². The van der Waals surface area contributed by atoms with Gasteiger partial charge < -0.3 is 10.2 Å². The molecule has 0 bridgehead atoms. The van der Waals surface area contributed by atoms with E-state index in [-0.39, 0.29) is 45.5 Å². The average Bonchev–Trinajstić information content (AvgIpc) is 2.90. The lowest BCUT2D eigenvalue weighted by molar-refractivity contribution is -0.140. The van der Waals surface area contributed by atoms with Crippen molar-refractivity contribution in [1.29, 1.82) is 0 Å². The van der Waals surface area contributed by atoms with Crippen LogP contribution in [0.4, 0.5) is 5.69 Å². The van der Waals surface area contributed by atoms with Crippen LogP contribution in [0.1, 0.15) is 25.0 Å². The molecule has 1 atom stereocenters. The van der Waals surface area contributed by atoms with Gasteiger partial charge in [-0.15, -0.1) is 0 Å². The minimum Gasteiger partial charge on any atom is -0.354 e. The van der Waals surface area contributed by atoms with Gasteiger partial charge in [0.25, 0.3) is 0 Å². The van der Waals surface area contributed by atoms with Crippen LogP contribution in [-0.4, -0.2) is 50.5 Å².